The maximum absolute atomic E-state index is 12.3. The standard InChI is InChI=1S/C26H38O8/c1-25(17-31-18-25)15-29-10-3-5-12-33-23(27)21-8-7-9-22(14-21)24(28)34-13-6-4-11-30-16-26(2)19-32-20-26/h7-9,14H,3-6,10-13,15-20H2,1-2H3. The van der Waals surface area contributed by atoms with Gasteiger partial charge in [0.25, 0.3) is 0 Å². The smallest absolute Gasteiger partial charge is 0.338 e. The highest BCUT2D eigenvalue weighted by Gasteiger charge is 2.34. The molecule has 0 radical (unpaired) electrons. The molecule has 2 fully saturated rings. The zero-order valence-corrected chi connectivity index (χ0v) is 20.5. The third-order valence-corrected chi connectivity index (χ3v) is 5.87. The second-order valence-electron chi connectivity index (χ2n) is 9.98. The summed E-state index contributed by atoms with van der Waals surface area (Å²) < 4.78 is 32.4. The Bertz CT molecular complexity index is 724. The summed E-state index contributed by atoms with van der Waals surface area (Å²) >= 11 is 0. The number of carbonyl (C=O) groups is 2. The first-order valence-electron chi connectivity index (χ1n) is 12.1. The van der Waals surface area contributed by atoms with Crippen LogP contribution in [0.1, 0.15) is 60.2 Å². The van der Waals surface area contributed by atoms with Crippen LogP contribution >= 0.6 is 0 Å². The molecule has 0 amide bonds. The minimum absolute atomic E-state index is 0.150. The largest absolute Gasteiger partial charge is 0.462 e. The van der Waals surface area contributed by atoms with E-state index in [0.717, 1.165) is 52.1 Å². The third-order valence-electron chi connectivity index (χ3n) is 5.87. The van der Waals surface area contributed by atoms with Gasteiger partial charge in [-0.1, -0.05) is 19.9 Å². The number of hydrogen-bond donors (Lipinski definition) is 0. The Morgan fingerprint density at radius 3 is 1.53 bits per heavy atom. The molecule has 3 rings (SSSR count). The van der Waals surface area contributed by atoms with E-state index in [2.05, 4.69) is 13.8 Å². The molecule has 0 atom stereocenters. The van der Waals surface area contributed by atoms with Crippen molar-refractivity contribution >= 4 is 11.9 Å². The Hall–Kier alpha value is -2.00. The molecule has 2 aliphatic heterocycles. The molecule has 34 heavy (non-hydrogen) atoms. The van der Waals surface area contributed by atoms with Crippen molar-refractivity contribution in [3.63, 3.8) is 0 Å². The van der Waals surface area contributed by atoms with Gasteiger partial charge in [-0.05, 0) is 43.9 Å². The first-order valence-corrected chi connectivity index (χ1v) is 12.1. The number of carbonyl (C=O) groups excluding carboxylic acids is 2. The maximum Gasteiger partial charge on any atom is 0.338 e. The maximum atomic E-state index is 12.3. The molecule has 190 valence electrons. The lowest BCUT2D eigenvalue weighted by molar-refractivity contribution is -0.138. The molecule has 0 saturated carbocycles. The number of esters is 2. The van der Waals surface area contributed by atoms with Gasteiger partial charge in [0, 0.05) is 24.0 Å². The summed E-state index contributed by atoms with van der Waals surface area (Å²) in [4.78, 5) is 24.6. The summed E-state index contributed by atoms with van der Waals surface area (Å²) in [7, 11) is 0. The molecule has 0 N–H and O–H groups in total. The molecule has 8 heteroatoms. The van der Waals surface area contributed by atoms with Crippen molar-refractivity contribution in [2.45, 2.75) is 39.5 Å². The second kappa shape index (κ2) is 13.2. The summed E-state index contributed by atoms with van der Waals surface area (Å²) in [5.74, 6) is -0.894. The number of unbranched alkanes of at least 4 members (excludes halogenated alkanes) is 2. The van der Waals surface area contributed by atoms with Gasteiger partial charge in [0.1, 0.15) is 0 Å². The zero-order valence-electron chi connectivity index (χ0n) is 20.5. The highest BCUT2D eigenvalue weighted by molar-refractivity contribution is 5.95. The first-order chi connectivity index (χ1) is 16.4. The molecule has 1 aromatic carbocycles. The second-order valence-corrected chi connectivity index (χ2v) is 9.98. The Labute approximate surface area is 202 Å². The van der Waals surface area contributed by atoms with Crippen molar-refractivity contribution in [3.8, 4) is 0 Å². The van der Waals surface area contributed by atoms with E-state index in [-0.39, 0.29) is 10.8 Å². The van der Waals surface area contributed by atoms with E-state index in [1.807, 2.05) is 0 Å². The predicted octanol–water partition coefficient (Wildman–Crippen LogP) is 3.67. The normalized spacial score (nSPS) is 17.9. The highest BCUT2D eigenvalue weighted by atomic mass is 16.5. The number of rotatable bonds is 16. The predicted molar refractivity (Wildman–Crippen MR) is 125 cm³/mol. The zero-order chi connectivity index (χ0) is 24.3. The molecule has 8 nitrogen and oxygen atoms in total. The van der Waals surface area contributed by atoms with Gasteiger partial charge in [0.2, 0.25) is 0 Å². The minimum atomic E-state index is -0.447. The van der Waals surface area contributed by atoms with Crippen LogP contribution in [0.3, 0.4) is 0 Å². The van der Waals surface area contributed by atoms with Crippen LogP contribution < -0.4 is 0 Å². The average molecular weight is 479 g/mol. The van der Waals surface area contributed by atoms with Crippen LogP contribution in [-0.2, 0) is 28.4 Å². The van der Waals surface area contributed by atoms with Gasteiger partial charge in [0.05, 0.1) is 64.0 Å². The first kappa shape index (κ1) is 26.6. The molecular formula is C26H38O8. The highest BCUT2D eigenvalue weighted by Crippen LogP contribution is 2.27. The van der Waals surface area contributed by atoms with Crippen molar-refractivity contribution in [1.29, 1.82) is 0 Å². The van der Waals surface area contributed by atoms with Crippen molar-refractivity contribution in [3.05, 3.63) is 35.4 Å². The van der Waals surface area contributed by atoms with Crippen molar-refractivity contribution in [1.82, 2.24) is 0 Å². The van der Waals surface area contributed by atoms with E-state index in [1.54, 1.807) is 18.2 Å². The summed E-state index contributed by atoms with van der Waals surface area (Å²) in [5.41, 5.74) is 0.976. The van der Waals surface area contributed by atoms with Crippen LogP contribution in [0.2, 0.25) is 0 Å². The number of benzene rings is 1. The van der Waals surface area contributed by atoms with Crippen LogP contribution in [-0.4, -0.2) is 78.0 Å². The van der Waals surface area contributed by atoms with Crippen molar-refractivity contribution in [2.24, 2.45) is 10.8 Å². The molecule has 2 saturated heterocycles. The summed E-state index contributed by atoms with van der Waals surface area (Å²) in [5, 5.41) is 0. The summed E-state index contributed by atoms with van der Waals surface area (Å²) in [6, 6.07) is 6.44. The van der Waals surface area contributed by atoms with Gasteiger partial charge in [-0.2, -0.15) is 0 Å². The number of hydrogen-bond acceptors (Lipinski definition) is 8. The van der Waals surface area contributed by atoms with Gasteiger partial charge in [-0.25, -0.2) is 9.59 Å². The Morgan fingerprint density at radius 2 is 1.15 bits per heavy atom. The molecule has 2 heterocycles. The topological polar surface area (TPSA) is 89.5 Å². The van der Waals surface area contributed by atoms with E-state index in [9.17, 15) is 9.59 Å². The fraction of sp³-hybridized carbons (Fsp3) is 0.692. The Kier molecular flexibility index (Phi) is 10.3. The van der Waals surface area contributed by atoms with Gasteiger partial charge >= 0.3 is 11.9 Å². The monoisotopic (exact) mass is 478 g/mol. The Balaban J connectivity index is 1.24. The van der Waals surface area contributed by atoms with Crippen LogP contribution in [0.5, 0.6) is 0 Å². The molecule has 0 bridgehead atoms. The Morgan fingerprint density at radius 1 is 0.735 bits per heavy atom. The fourth-order valence-corrected chi connectivity index (χ4v) is 3.59. The fourth-order valence-electron chi connectivity index (χ4n) is 3.59. The van der Waals surface area contributed by atoms with E-state index in [4.69, 9.17) is 28.4 Å². The van der Waals surface area contributed by atoms with Crippen LogP contribution in [0, 0.1) is 10.8 Å². The number of ether oxygens (including phenoxy) is 6. The van der Waals surface area contributed by atoms with E-state index >= 15 is 0 Å². The van der Waals surface area contributed by atoms with Gasteiger partial charge in [-0.15, -0.1) is 0 Å². The van der Waals surface area contributed by atoms with Gasteiger partial charge in [-0.3, -0.25) is 0 Å². The molecular weight excluding hydrogens is 440 g/mol. The van der Waals surface area contributed by atoms with Crippen LogP contribution in [0.4, 0.5) is 0 Å². The van der Waals surface area contributed by atoms with E-state index < -0.39 is 11.9 Å². The lowest BCUT2D eigenvalue weighted by Gasteiger charge is -2.37. The lowest BCUT2D eigenvalue weighted by atomic mass is 9.90. The van der Waals surface area contributed by atoms with Gasteiger partial charge < -0.3 is 28.4 Å². The van der Waals surface area contributed by atoms with Crippen LogP contribution in [0.15, 0.2) is 24.3 Å². The van der Waals surface area contributed by atoms with E-state index in [1.165, 1.54) is 6.07 Å². The molecule has 0 aliphatic carbocycles. The third kappa shape index (κ3) is 8.65. The molecule has 0 unspecified atom stereocenters. The quantitative estimate of drug-likeness (QED) is 0.263. The molecule has 0 aromatic heterocycles. The van der Waals surface area contributed by atoms with Gasteiger partial charge in [0.15, 0.2) is 0 Å². The molecule has 2 aliphatic rings. The summed E-state index contributed by atoms with van der Waals surface area (Å²) in [6.45, 7) is 10.6. The lowest BCUT2D eigenvalue weighted by Crippen LogP contribution is -2.43. The SMILES string of the molecule is CC1(COCCCCOC(=O)c2cccc(C(=O)OCCCCOCC3(C)COC3)c2)COC1. The molecule has 0 spiro atoms. The average Bonchev–Trinajstić information content (AvgIpc) is 2.80. The van der Waals surface area contributed by atoms with Crippen molar-refractivity contribution < 1.29 is 38.0 Å². The molecule has 1 aromatic rings. The van der Waals surface area contributed by atoms with Crippen LogP contribution in [0.25, 0.3) is 0 Å². The van der Waals surface area contributed by atoms with Crippen molar-refractivity contribution in [2.75, 3.05) is 66.1 Å². The summed E-state index contributed by atoms with van der Waals surface area (Å²) in [6.07, 6.45) is 3.07. The minimum Gasteiger partial charge on any atom is -0.462 e. The van der Waals surface area contributed by atoms with E-state index in [0.29, 0.717) is 50.8 Å².